The number of hydrogen-bond donors (Lipinski definition) is 3. The Morgan fingerprint density at radius 2 is 1.63 bits per heavy atom. The summed E-state index contributed by atoms with van der Waals surface area (Å²) in [6.45, 7) is 8.63. The number of fused-ring (bicyclic) bond motifs is 2. The molecular formula is C23H22O7. The van der Waals surface area contributed by atoms with E-state index in [1.54, 1.807) is 32.9 Å². The van der Waals surface area contributed by atoms with Crippen LogP contribution < -0.4 is 0 Å². The van der Waals surface area contributed by atoms with Gasteiger partial charge in [-0.05, 0) is 26.8 Å². The smallest absolute Gasteiger partial charge is 0.198 e. The molecule has 1 aliphatic carbocycles. The van der Waals surface area contributed by atoms with Crippen LogP contribution in [0.3, 0.4) is 0 Å². The van der Waals surface area contributed by atoms with E-state index in [0.717, 1.165) is 6.07 Å². The molecule has 3 N–H and O–H groups in total. The zero-order chi connectivity index (χ0) is 22.0. The standard InChI is InChI=1S/C23H22O7/c1-5-15-23(4,30-22(2,3)29-15)21(28)13-10-14(24)16-17(20(13)27)19(26)12-9-7-6-8-11(12)18(16)25/h5-10,15,21,24,27-28H,1H2,2-4H3/t15-,21?,23-/m1/s1. The number of carbonyl (C=O) groups is 2. The van der Waals surface area contributed by atoms with Crippen LogP contribution in [0.25, 0.3) is 0 Å². The number of ketones is 2. The minimum Gasteiger partial charge on any atom is -0.507 e. The number of phenols is 2. The van der Waals surface area contributed by atoms with Gasteiger partial charge in [-0.25, -0.2) is 0 Å². The fourth-order valence-electron chi connectivity index (χ4n) is 4.32. The molecule has 1 unspecified atom stereocenters. The number of carbonyl (C=O) groups excluding carboxylic acids is 2. The summed E-state index contributed by atoms with van der Waals surface area (Å²) in [6.07, 6.45) is -0.769. The average molecular weight is 410 g/mol. The lowest BCUT2D eigenvalue weighted by Gasteiger charge is -2.34. The van der Waals surface area contributed by atoms with Crippen LogP contribution in [0.5, 0.6) is 11.5 Å². The van der Waals surface area contributed by atoms with Gasteiger partial charge in [-0.2, -0.15) is 0 Å². The second-order valence-corrected chi connectivity index (χ2v) is 8.15. The lowest BCUT2D eigenvalue weighted by atomic mass is 9.79. The van der Waals surface area contributed by atoms with Gasteiger partial charge in [-0.1, -0.05) is 30.3 Å². The molecule has 0 radical (unpaired) electrons. The van der Waals surface area contributed by atoms with Gasteiger partial charge in [0, 0.05) is 16.7 Å². The largest absolute Gasteiger partial charge is 0.507 e. The normalized spacial score (nSPS) is 25.5. The summed E-state index contributed by atoms with van der Waals surface area (Å²) in [7, 11) is 0. The molecule has 30 heavy (non-hydrogen) atoms. The molecule has 3 atom stereocenters. The van der Waals surface area contributed by atoms with Gasteiger partial charge >= 0.3 is 0 Å². The SMILES string of the molecule is C=C[C@H]1OC(C)(C)O[C@@]1(C)C(O)c1cc(O)c2c(c1O)C(=O)c1ccccc1C2=O. The Balaban J connectivity index is 1.89. The zero-order valence-electron chi connectivity index (χ0n) is 16.8. The van der Waals surface area contributed by atoms with Crippen LogP contribution >= 0.6 is 0 Å². The van der Waals surface area contributed by atoms with Crippen molar-refractivity contribution in [2.24, 2.45) is 0 Å². The predicted octanol–water partition coefficient (Wildman–Crippen LogP) is 3.00. The molecular weight excluding hydrogens is 388 g/mol. The molecule has 1 fully saturated rings. The second-order valence-electron chi connectivity index (χ2n) is 8.15. The highest BCUT2D eigenvalue weighted by molar-refractivity contribution is 6.30. The van der Waals surface area contributed by atoms with E-state index in [1.807, 2.05) is 0 Å². The molecule has 0 saturated carbocycles. The number of rotatable bonds is 3. The number of aromatic hydroxyl groups is 2. The summed E-state index contributed by atoms with van der Waals surface area (Å²) in [6, 6.07) is 7.26. The maximum atomic E-state index is 13.0. The second kappa shape index (κ2) is 6.50. The van der Waals surface area contributed by atoms with Crippen LogP contribution in [0.2, 0.25) is 0 Å². The van der Waals surface area contributed by atoms with Crippen molar-refractivity contribution in [2.75, 3.05) is 0 Å². The predicted molar refractivity (Wildman–Crippen MR) is 107 cm³/mol. The number of aliphatic hydroxyl groups is 1. The first-order valence-electron chi connectivity index (χ1n) is 9.47. The number of hydrogen-bond acceptors (Lipinski definition) is 7. The Hall–Kier alpha value is -3.00. The van der Waals surface area contributed by atoms with Gasteiger partial charge in [0.1, 0.15) is 29.3 Å². The number of benzene rings is 2. The fraction of sp³-hybridized carbons (Fsp3) is 0.304. The van der Waals surface area contributed by atoms with Crippen molar-refractivity contribution in [1.82, 2.24) is 0 Å². The van der Waals surface area contributed by atoms with E-state index in [-0.39, 0.29) is 27.8 Å². The third-order valence-electron chi connectivity index (χ3n) is 5.67. The van der Waals surface area contributed by atoms with E-state index in [9.17, 15) is 24.9 Å². The minimum absolute atomic E-state index is 0.119. The summed E-state index contributed by atoms with van der Waals surface area (Å²) < 4.78 is 11.7. The molecule has 1 aliphatic heterocycles. The van der Waals surface area contributed by atoms with E-state index in [0.29, 0.717) is 0 Å². The molecule has 1 heterocycles. The van der Waals surface area contributed by atoms with Crippen molar-refractivity contribution < 1.29 is 34.4 Å². The Bertz CT molecular complexity index is 1100. The molecule has 2 aromatic carbocycles. The molecule has 0 amide bonds. The molecule has 156 valence electrons. The van der Waals surface area contributed by atoms with Crippen molar-refractivity contribution >= 4 is 11.6 Å². The maximum absolute atomic E-state index is 13.0. The van der Waals surface area contributed by atoms with Crippen molar-refractivity contribution in [3.8, 4) is 11.5 Å². The van der Waals surface area contributed by atoms with Crippen molar-refractivity contribution in [2.45, 2.75) is 44.4 Å². The molecule has 7 nitrogen and oxygen atoms in total. The van der Waals surface area contributed by atoms with E-state index in [1.165, 1.54) is 18.2 Å². The van der Waals surface area contributed by atoms with Crippen LogP contribution in [-0.4, -0.2) is 44.4 Å². The van der Waals surface area contributed by atoms with E-state index >= 15 is 0 Å². The highest BCUT2D eigenvalue weighted by Gasteiger charge is 2.54. The topological polar surface area (TPSA) is 113 Å². The van der Waals surface area contributed by atoms with Gasteiger partial charge in [-0.3, -0.25) is 9.59 Å². The Morgan fingerprint density at radius 3 is 2.20 bits per heavy atom. The van der Waals surface area contributed by atoms with E-state index in [4.69, 9.17) is 9.47 Å². The quantitative estimate of drug-likeness (QED) is 0.449. The summed E-state index contributed by atoms with van der Waals surface area (Å²) in [5.74, 6) is -3.32. The lowest BCUT2D eigenvalue weighted by Crippen LogP contribution is -2.42. The number of ether oxygens (including phenoxy) is 2. The third kappa shape index (κ3) is 2.70. The Morgan fingerprint density at radius 1 is 1.07 bits per heavy atom. The van der Waals surface area contributed by atoms with Gasteiger partial charge in [0.15, 0.2) is 17.4 Å². The fourth-order valence-corrected chi connectivity index (χ4v) is 4.32. The Kier molecular flexibility index (Phi) is 4.39. The van der Waals surface area contributed by atoms with Gasteiger partial charge in [0.2, 0.25) is 0 Å². The van der Waals surface area contributed by atoms with Gasteiger partial charge in [-0.15, -0.1) is 6.58 Å². The molecule has 4 rings (SSSR count). The van der Waals surface area contributed by atoms with E-state index < -0.39 is 46.7 Å². The maximum Gasteiger partial charge on any atom is 0.198 e. The average Bonchev–Trinajstić information content (AvgIpc) is 2.96. The van der Waals surface area contributed by atoms with Crippen LogP contribution in [0, 0.1) is 0 Å². The minimum atomic E-state index is -1.50. The zero-order valence-corrected chi connectivity index (χ0v) is 16.8. The van der Waals surface area contributed by atoms with Gasteiger partial charge < -0.3 is 24.8 Å². The highest BCUT2D eigenvalue weighted by Crippen LogP contribution is 2.49. The Labute approximate surface area is 173 Å². The van der Waals surface area contributed by atoms with Crippen LogP contribution in [0.4, 0.5) is 0 Å². The molecule has 2 aromatic rings. The summed E-state index contributed by atoms with van der Waals surface area (Å²) in [4.78, 5) is 25.9. The number of aliphatic hydroxyl groups excluding tert-OH is 1. The first-order chi connectivity index (χ1) is 14.0. The van der Waals surface area contributed by atoms with Crippen molar-refractivity contribution in [1.29, 1.82) is 0 Å². The molecule has 0 aromatic heterocycles. The van der Waals surface area contributed by atoms with Gasteiger partial charge in [0.25, 0.3) is 0 Å². The molecule has 0 spiro atoms. The van der Waals surface area contributed by atoms with E-state index in [2.05, 4.69) is 6.58 Å². The first kappa shape index (κ1) is 20.3. The van der Waals surface area contributed by atoms with Crippen LogP contribution in [0.1, 0.15) is 64.3 Å². The van der Waals surface area contributed by atoms with Crippen molar-refractivity contribution in [3.05, 3.63) is 70.8 Å². The number of phenolic OH excluding ortho intramolecular Hbond substituents is 2. The third-order valence-corrected chi connectivity index (χ3v) is 5.67. The summed E-state index contributed by atoms with van der Waals surface area (Å²) in [5, 5.41) is 32.7. The lowest BCUT2D eigenvalue weighted by molar-refractivity contribution is -0.180. The molecule has 1 saturated heterocycles. The first-order valence-corrected chi connectivity index (χ1v) is 9.47. The summed E-state index contributed by atoms with van der Waals surface area (Å²) >= 11 is 0. The summed E-state index contributed by atoms with van der Waals surface area (Å²) in [5.41, 5.74) is -1.89. The molecule has 2 aliphatic rings. The highest BCUT2D eigenvalue weighted by atomic mass is 16.8. The molecule has 7 heteroatoms. The van der Waals surface area contributed by atoms with Crippen LogP contribution in [-0.2, 0) is 9.47 Å². The van der Waals surface area contributed by atoms with Gasteiger partial charge in [0.05, 0.1) is 11.1 Å². The monoisotopic (exact) mass is 410 g/mol. The van der Waals surface area contributed by atoms with Crippen molar-refractivity contribution in [3.63, 3.8) is 0 Å². The molecule has 0 bridgehead atoms. The van der Waals surface area contributed by atoms with Crippen LogP contribution in [0.15, 0.2) is 43.0 Å².